The molecule has 0 radical (unpaired) electrons. The largest absolute Gasteiger partial charge is 0.354 e. The number of aryl methyl sites for hydroxylation is 1. The summed E-state index contributed by atoms with van der Waals surface area (Å²) in [5.74, 6) is 2.49. The second-order valence-electron chi connectivity index (χ2n) is 8.83. The van der Waals surface area contributed by atoms with Crippen LogP contribution in [0.5, 0.6) is 0 Å². The first kappa shape index (κ1) is 24.9. The van der Waals surface area contributed by atoms with Crippen molar-refractivity contribution in [3.8, 4) is 0 Å². The molecule has 9 heteroatoms. The van der Waals surface area contributed by atoms with Crippen LogP contribution in [0, 0.1) is 12.7 Å². The minimum Gasteiger partial charge on any atom is -0.354 e. The van der Waals surface area contributed by atoms with Gasteiger partial charge < -0.3 is 15.2 Å². The molecule has 1 aromatic heterocycles. The highest BCUT2D eigenvalue weighted by atomic mass is 127. The Morgan fingerprint density at radius 3 is 2.25 bits per heavy atom. The highest BCUT2D eigenvalue weighted by molar-refractivity contribution is 14.0. The molecule has 2 heterocycles. The van der Waals surface area contributed by atoms with Crippen LogP contribution in [0.15, 0.2) is 29.3 Å². The Labute approximate surface area is 207 Å². The Bertz CT molecular complexity index is 869. The summed E-state index contributed by atoms with van der Waals surface area (Å²) < 4.78 is 15.1. The molecule has 1 saturated heterocycles. The molecule has 176 valence electrons. The van der Waals surface area contributed by atoms with E-state index in [0.29, 0.717) is 18.6 Å². The van der Waals surface area contributed by atoms with Gasteiger partial charge in [-0.2, -0.15) is 0 Å². The van der Waals surface area contributed by atoms with Gasteiger partial charge in [0.1, 0.15) is 18.2 Å². The summed E-state index contributed by atoms with van der Waals surface area (Å²) >= 11 is 0. The Morgan fingerprint density at radius 2 is 1.66 bits per heavy atom. The molecule has 0 atom stereocenters. The number of nitrogens with zero attached hydrogens (tertiary/aromatic N) is 5. The third-order valence-corrected chi connectivity index (χ3v) is 6.51. The quantitative estimate of drug-likeness (QED) is 0.325. The van der Waals surface area contributed by atoms with Crippen LogP contribution in [0.2, 0.25) is 0 Å². The van der Waals surface area contributed by atoms with Crippen molar-refractivity contribution in [3.05, 3.63) is 47.3 Å². The van der Waals surface area contributed by atoms with Crippen molar-refractivity contribution in [2.24, 2.45) is 12.0 Å². The number of halogens is 2. The maximum Gasteiger partial charge on any atom is 0.192 e. The summed E-state index contributed by atoms with van der Waals surface area (Å²) in [6.07, 6.45) is 7.12. The molecule has 0 bridgehead atoms. The van der Waals surface area contributed by atoms with Gasteiger partial charge in [-0.15, -0.1) is 34.2 Å². The van der Waals surface area contributed by atoms with Crippen molar-refractivity contribution >= 4 is 29.9 Å². The Hall–Kier alpha value is -1.75. The van der Waals surface area contributed by atoms with E-state index < -0.39 is 0 Å². The minimum atomic E-state index is -0.176. The number of nitrogens with one attached hydrogen (secondary N) is 2. The summed E-state index contributed by atoms with van der Waals surface area (Å²) in [6.45, 7) is 5.39. The number of hydrogen-bond acceptors (Lipinski definition) is 4. The molecule has 4 rings (SSSR count). The van der Waals surface area contributed by atoms with E-state index in [2.05, 4.69) is 25.7 Å². The molecule has 0 spiro atoms. The maximum absolute atomic E-state index is 13.1. The van der Waals surface area contributed by atoms with Crippen LogP contribution in [-0.2, 0) is 20.1 Å². The summed E-state index contributed by atoms with van der Waals surface area (Å²) in [5, 5.41) is 15.7. The predicted molar refractivity (Wildman–Crippen MR) is 136 cm³/mol. The molecule has 2 fully saturated rings. The second kappa shape index (κ2) is 11.9. The standard InChI is InChI=1S/C23H34FN7.HI/c1-17-28-29-22(30(17)2)15-25-23(26-20-5-3-4-6-20)27-21-11-13-31(14-12-21)16-18-7-9-19(24)10-8-18;/h7-10,20-21H,3-6,11-16H2,1-2H3,(H2,25,26,27);1H. The summed E-state index contributed by atoms with van der Waals surface area (Å²) in [5.41, 5.74) is 1.16. The van der Waals surface area contributed by atoms with Crippen LogP contribution in [0.4, 0.5) is 4.39 Å². The van der Waals surface area contributed by atoms with E-state index >= 15 is 0 Å². The van der Waals surface area contributed by atoms with Gasteiger partial charge in [-0.05, 0) is 50.3 Å². The molecule has 7 nitrogen and oxygen atoms in total. The lowest BCUT2D eigenvalue weighted by Crippen LogP contribution is -2.50. The smallest absolute Gasteiger partial charge is 0.192 e. The van der Waals surface area contributed by atoms with Gasteiger partial charge in [-0.25, -0.2) is 9.38 Å². The second-order valence-corrected chi connectivity index (χ2v) is 8.83. The van der Waals surface area contributed by atoms with Gasteiger partial charge >= 0.3 is 0 Å². The van der Waals surface area contributed by atoms with E-state index in [-0.39, 0.29) is 29.8 Å². The molecule has 1 aliphatic heterocycles. The van der Waals surface area contributed by atoms with Gasteiger partial charge in [0.05, 0.1) is 0 Å². The average Bonchev–Trinajstić information content (AvgIpc) is 3.40. The van der Waals surface area contributed by atoms with Crippen molar-refractivity contribution in [2.75, 3.05) is 13.1 Å². The van der Waals surface area contributed by atoms with Crippen LogP contribution < -0.4 is 10.6 Å². The molecule has 0 unspecified atom stereocenters. The van der Waals surface area contributed by atoms with Crippen LogP contribution >= 0.6 is 24.0 Å². The SMILES string of the molecule is Cc1nnc(CN=C(NC2CCCC2)NC2CCN(Cc3ccc(F)cc3)CC2)n1C.I. The highest BCUT2D eigenvalue weighted by Gasteiger charge is 2.22. The number of rotatable bonds is 6. The van der Waals surface area contributed by atoms with Gasteiger partial charge in [-0.1, -0.05) is 25.0 Å². The van der Waals surface area contributed by atoms with E-state index in [1.54, 1.807) is 12.1 Å². The molecule has 1 aliphatic carbocycles. The zero-order valence-electron chi connectivity index (χ0n) is 19.1. The molecule has 1 aromatic carbocycles. The van der Waals surface area contributed by atoms with Gasteiger partial charge in [0.15, 0.2) is 11.8 Å². The lowest BCUT2D eigenvalue weighted by Gasteiger charge is -2.33. The number of aromatic nitrogens is 3. The van der Waals surface area contributed by atoms with Gasteiger partial charge in [0, 0.05) is 38.8 Å². The topological polar surface area (TPSA) is 70.4 Å². The maximum atomic E-state index is 13.1. The first-order valence-corrected chi connectivity index (χ1v) is 11.5. The van der Waals surface area contributed by atoms with Crippen LogP contribution in [0.25, 0.3) is 0 Å². The van der Waals surface area contributed by atoms with Crippen LogP contribution in [0.1, 0.15) is 55.7 Å². The minimum absolute atomic E-state index is 0. The van der Waals surface area contributed by atoms with E-state index in [4.69, 9.17) is 4.99 Å². The van der Waals surface area contributed by atoms with E-state index in [1.165, 1.54) is 25.7 Å². The molecule has 2 N–H and O–H groups in total. The normalized spacial score (nSPS) is 18.5. The molecule has 32 heavy (non-hydrogen) atoms. The number of benzene rings is 1. The fraction of sp³-hybridized carbons (Fsp3) is 0.609. The first-order chi connectivity index (χ1) is 15.1. The van der Waals surface area contributed by atoms with E-state index in [9.17, 15) is 4.39 Å². The monoisotopic (exact) mass is 555 g/mol. The number of aliphatic imine (C=N–C) groups is 1. The third-order valence-electron chi connectivity index (χ3n) is 6.51. The van der Waals surface area contributed by atoms with Crippen molar-refractivity contribution < 1.29 is 4.39 Å². The van der Waals surface area contributed by atoms with Gasteiger partial charge in [-0.3, -0.25) is 4.90 Å². The molecule has 2 aliphatic rings. The Balaban J connectivity index is 0.00000289. The van der Waals surface area contributed by atoms with Crippen molar-refractivity contribution in [3.63, 3.8) is 0 Å². The van der Waals surface area contributed by atoms with Gasteiger partial charge in [0.25, 0.3) is 0 Å². The van der Waals surface area contributed by atoms with Crippen molar-refractivity contribution in [1.82, 2.24) is 30.3 Å². The van der Waals surface area contributed by atoms with E-state index in [1.807, 2.05) is 30.7 Å². The molecular weight excluding hydrogens is 520 g/mol. The molecule has 2 aromatic rings. The fourth-order valence-electron chi connectivity index (χ4n) is 4.41. The number of piperidine rings is 1. The zero-order chi connectivity index (χ0) is 21.6. The number of hydrogen-bond donors (Lipinski definition) is 2. The highest BCUT2D eigenvalue weighted by Crippen LogP contribution is 2.18. The molecule has 0 amide bonds. The lowest BCUT2D eigenvalue weighted by atomic mass is 10.0. The van der Waals surface area contributed by atoms with Crippen molar-refractivity contribution in [1.29, 1.82) is 0 Å². The Kier molecular flexibility index (Phi) is 9.27. The van der Waals surface area contributed by atoms with Crippen molar-refractivity contribution in [2.45, 2.75) is 70.6 Å². The lowest BCUT2D eigenvalue weighted by molar-refractivity contribution is 0.198. The number of likely N-dealkylation sites (tertiary alicyclic amines) is 1. The summed E-state index contributed by atoms with van der Waals surface area (Å²) in [4.78, 5) is 7.28. The average molecular weight is 555 g/mol. The molecular formula is C23H35FIN7. The predicted octanol–water partition coefficient (Wildman–Crippen LogP) is 3.52. The van der Waals surface area contributed by atoms with Crippen LogP contribution in [-0.4, -0.2) is 50.8 Å². The Morgan fingerprint density at radius 1 is 1.03 bits per heavy atom. The van der Waals surface area contributed by atoms with Gasteiger partial charge in [0.2, 0.25) is 0 Å². The summed E-state index contributed by atoms with van der Waals surface area (Å²) in [6, 6.07) is 7.75. The fourth-order valence-corrected chi connectivity index (χ4v) is 4.41. The third kappa shape index (κ3) is 6.87. The summed E-state index contributed by atoms with van der Waals surface area (Å²) in [7, 11) is 1.98. The first-order valence-electron chi connectivity index (χ1n) is 11.5. The molecule has 1 saturated carbocycles. The number of guanidine groups is 1. The zero-order valence-corrected chi connectivity index (χ0v) is 21.4. The van der Waals surface area contributed by atoms with E-state index in [0.717, 1.165) is 55.6 Å². The van der Waals surface area contributed by atoms with Crippen LogP contribution in [0.3, 0.4) is 0 Å².